The summed E-state index contributed by atoms with van der Waals surface area (Å²) in [5.41, 5.74) is 6.57. The van der Waals surface area contributed by atoms with E-state index in [0.29, 0.717) is 30.0 Å². The summed E-state index contributed by atoms with van der Waals surface area (Å²) in [6.07, 6.45) is 7.69. The number of benzene rings is 2. The van der Waals surface area contributed by atoms with Gasteiger partial charge in [-0.05, 0) is 84.1 Å². The van der Waals surface area contributed by atoms with Crippen molar-refractivity contribution in [3.05, 3.63) is 59.2 Å². The number of rotatable bonds is 2. The van der Waals surface area contributed by atoms with E-state index in [1.807, 2.05) is 0 Å². The van der Waals surface area contributed by atoms with Crippen LogP contribution in [0.15, 0.2) is 42.5 Å². The third-order valence-electron chi connectivity index (χ3n) is 8.94. The highest BCUT2D eigenvalue weighted by atomic mass is 16.5. The Kier molecular flexibility index (Phi) is 4.38. The van der Waals surface area contributed by atoms with E-state index in [2.05, 4.69) is 49.4 Å². The lowest BCUT2D eigenvalue weighted by molar-refractivity contribution is -0.141. The fourth-order valence-corrected chi connectivity index (χ4v) is 7.18. The second-order valence-electron chi connectivity index (χ2n) is 10.4. The third kappa shape index (κ3) is 3.00. The first-order valence-electron chi connectivity index (χ1n) is 12.0. The van der Waals surface area contributed by atoms with E-state index in [0.717, 1.165) is 44.1 Å². The van der Waals surface area contributed by atoms with Crippen molar-refractivity contribution in [3.8, 4) is 11.1 Å². The topological polar surface area (TPSA) is 43.4 Å². The Bertz CT molecular complexity index is 1050. The lowest BCUT2D eigenvalue weighted by atomic mass is 9.55. The average Bonchev–Trinajstić information content (AvgIpc) is 3.36. The number of carbonyl (C=O) groups excluding carboxylic acids is 2. The number of hydrogen-bond acceptors (Lipinski definition) is 3. The standard InChI is InChI=1S/C28H30O3/c1-28-15-14-22-21-8-6-19(16-20(21)7-9-23(22)24(28)10-12-26(28)29)17-2-4-18(5-3-17)25-11-13-27(30)31-25/h2-6,8,16,22-25H,7,9-15H2,1H3/t22-,23-,24+,25+,28+/m1/s1. The molecule has 2 saturated carbocycles. The highest BCUT2D eigenvalue weighted by Gasteiger charge is 2.54. The molecule has 4 aliphatic rings. The van der Waals surface area contributed by atoms with E-state index in [9.17, 15) is 9.59 Å². The molecule has 6 rings (SSSR count). The summed E-state index contributed by atoms with van der Waals surface area (Å²) in [4.78, 5) is 24.0. The monoisotopic (exact) mass is 414 g/mol. The first kappa shape index (κ1) is 19.3. The Morgan fingerprint density at radius 1 is 0.871 bits per heavy atom. The molecule has 2 aromatic carbocycles. The number of ketones is 1. The van der Waals surface area contributed by atoms with Gasteiger partial charge in [0.1, 0.15) is 11.9 Å². The van der Waals surface area contributed by atoms with Gasteiger partial charge in [-0.25, -0.2) is 0 Å². The van der Waals surface area contributed by atoms with Gasteiger partial charge >= 0.3 is 5.97 Å². The Balaban J connectivity index is 1.25. The molecule has 1 heterocycles. The molecule has 160 valence electrons. The van der Waals surface area contributed by atoms with Gasteiger partial charge in [-0.3, -0.25) is 9.59 Å². The van der Waals surface area contributed by atoms with Gasteiger partial charge < -0.3 is 4.74 Å². The van der Waals surface area contributed by atoms with Crippen molar-refractivity contribution in [2.75, 3.05) is 0 Å². The van der Waals surface area contributed by atoms with Crippen LogP contribution in [0.25, 0.3) is 11.1 Å². The van der Waals surface area contributed by atoms with Crippen molar-refractivity contribution < 1.29 is 14.3 Å². The van der Waals surface area contributed by atoms with Crippen molar-refractivity contribution in [3.63, 3.8) is 0 Å². The van der Waals surface area contributed by atoms with Crippen LogP contribution in [-0.2, 0) is 20.7 Å². The minimum Gasteiger partial charge on any atom is -0.457 e. The molecule has 0 bridgehead atoms. The summed E-state index contributed by atoms with van der Waals surface area (Å²) in [6.45, 7) is 2.25. The van der Waals surface area contributed by atoms with Gasteiger partial charge in [0.05, 0.1) is 0 Å². The van der Waals surface area contributed by atoms with Crippen molar-refractivity contribution >= 4 is 11.8 Å². The van der Waals surface area contributed by atoms with Gasteiger partial charge in [-0.2, -0.15) is 0 Å². The van der Waals surface area contributed by atoms with Crippen molar-refractivity contribution in [1.82, 2.24) is 0 Å². The largest absolute Gasteiger partial charge is 0.457 e. The second-order valence-corrected chi connectivity index (χ2v) is 10.4. The minimum atomic E-state index is -0.0907. The lowest BCUT2D eigenvalue weighted by Gasteiger charge is -2.48. The maximum absolute atomic E-state index is 12.6. The molecular weight excluding hydrogens is 384 g/mol. The van der Waals surface area contributed by atoms with Gasteiger partial charge in [0.15, 0.2) is 0 Å². The van der Waals surface area contributed by atoms with Crippen LogP contribution in [0.1, 0.15) is 80.6 Å². The first-order chi connectivity index (χ1) is 15.0. The molecule has 0 N–H and O–H groups in total. The van der Waals surface area contributed by atoms with Crippen LogP contribution in [0, 0.1) is 17.3 Å². The number of aryl methyl sites for hydroxylation is 1. The molecule has 0 unspecified atom stereocenters. The normalized spacial score (nSPS) is 34.1. The summed E-state index contributed by atoms with van der Waals surface area (Å²) in [6, 6.07) is 15.6. The number of esters is 1. The van der Waals surface area contributed by atoms with Crippen LogP contribution in [0.5, 0.6) is 0 Å². The molecule has 31 heavy (non-hydrogen) atoms. The molecule has 0 radical (unpaired) electrons. The fourth-order valence-electron chi connectivity index (χ4n) is 7.18. The van der Waals surface area contributed by atoms with Gasteiger partial charge in [-0.15, -0.1) is 0 Å². The molecule has 3 heteroatoms. The van der Waals surface area contributed by atoms with E-state index in [1.165, 1.54) is 28.7 Å². The van der Waals surface area contributed by atoms with Crippen LogP contribution in [0.2, 0.25) is 0 Å². The van der Waals surface area contributed by atoms with Gasteiger partial charge in [0.25, 0.3) is 0 Å². The zero-order chi connectivity index (χ0) is 21.2. The summed E-state index contributed by atoms with van der Waals surface area (Å²) in [5.74, 6) is 2.32. The van der Waals surface area contributed by atoms with Gasteiger partial charge in [0.2, 0.25) is 0 Å². The van der Waals surface area contributed by atoms with Crippen LogP contribution in [-0.4, -0.2) is 11.8 Å². The fraction of sp³-hybridized carbons (Fsp3) is 0.500. The molecule has 3 aliphatic carbocycles. The van der Waals surface area contributed by atoms with E-state index >= 15 is 0 Å². The molecular formula is C28H30O3. The molecule has 0 amide bonds. The molecule has 5 atom stereocenters. The zero-order valence-corrected chi connectivity index (χ0v) is 18.2. The summed E-state index contributed by atoms with van der Waals surface area (Å²) in [5, 5.41) is 0. The Hall–Kier alpha value is -2.42. The molecule has 1 saturated heterocycles. The number of carbonyl (C=O) groups is 2. The number of fused-ring (bicyclic) bond motifs is 5. The molecule has 0 spiro atoms. The van der Waals surface area contributed by atoms with Crippen molar-refractivity contribution in [1.29, 1.82) is 0 Å². The van der Waals surface area contributed by atoms with E-state index < -0.39 is 0 Å². The van der Waals surface area contributed by atoms with Crippen LogP contribution in [0.4, 0.5) is 0 Å². The maximum Gasteiger partial charge on any atom is 0.306 e. The average molecular weight is 415 g/mol. The predicted molar refractivity (Wildman–Crippen MR) is 120 cm³/mol. The lowest BCUT2D eigenvalue weighted by Crippen LogP contribution is -2.42. The first-order valence-corrected chi connectivity index (χ1v) is 12.0. The number of ether oxygens (including phenoxy) is 1. The van der Waals surface area contributed by atoms with Crippen LogP contribution in [0.3, 0.4) is 0 Å². The van der Waals surface area contributed by atoms with E-state index in [1.54, 1.807) is 0 Å². The molecule has 3 fully saturated rings. The highest BCUT2D eigenvalue weighted by Crippen LogP contribution is 2.59. The SMILES string of the molecule is C[C@]12CC[C@@H]3c4ccc(-c5ccc([C@@H]6CCC(=O)O6)cc5)cc4CC[C@H]3[C@@H]1CCC2=O. The van der Waals surface area contributed by atoms with E-state index in [4.69, 9.17) is 4.74 Å². The number of hydrogen-bond donors (Lipinski definition) is 0. The molecule has 1 aliphatic heterocycles. The Labute approximate surface area is 184 Å². The Morgan fingerprint density at radius 2 is 1.68 bits per heavy atom. The summed E-state index contributed by atoms with van der Waals surface area (Å²) in [7, 11) is 0. The molecule has 0 aromatic heterocycles. The highest BCUT2D eigenvalue weighted by molar-refractivity contribution is 5.87. The van der Waals surface area contributed by atoms with Crippen LogP contribution < -0.4 is 0 Å². The molecule has 3 nitrogen and oxygen atoms in total. The molecule has 2 aromatic rings. The van der Waals surface area contributed by atoms with Crippen molar-refractivity contribution in [2.45, 2.75) is 70.3 Å². The summed E-state index contributed by atoms with van der Waals surface area (Å²) >= 11 is 0. The van der Waals surface area contributed by atoms with Gasteiger partial charge in [0, 0.05) is 18.3 Å². The second kappa shape index (κ2) is 7.05. The maximum atomic E-state index is 12.6. The summed E-state index contributed by atoms with van der Waals surface area (Å²) < 4.78 is 5.40. The quantitative estimate of drug-likeness (QED) is 0.553. The number of Topliss-reactive ketones (excluding diaryl/α,β-unsaturated/α-hetero) is 1. The van der Waals surface area contributed by atoms with Crippen molar-refractivity contribution in [2.24, 2.45) is 17.3 Å². The Morgan fingerprint density at radius 3 is 2.45 bits per heavy atom. The third-order valence-corrected chi connectivity index (χ3v) is 8.94. The smallest absolute Gasteiger partial charge is 0.306 e. The zero-order valence-electron chi connectivity index (χ0n) is 18.2. The van der Waals surface area contributed by atoms with Gasteiger partial charge in [-0.1, -0.05) is 49.4 Å². The number of cyclic esters (lactones) is 1. The van der Waals surface area contributed by atoms with Crippen LogP contribution >= 0.6 is 0 Å². The van der Waals surface area contributed by atoms with E-state index in [-0.39, 0.29) is 17.5 Å². The minimum absolute atomic E-state index is 0.0476. The predicted octanol–water partition coefficient (Wildman–Crippen LogP) is 6.16.